The standard InChI is InChI=1S/C74H114O6/c1-4-7-10-13-16-19-22-24-26-28-30-32-34-35-36-37-38-39-41-42-44-46-48-50-52-55-58-61-64-67-73(76)79-70-71(69-78-72(75)66-63-60-57-54-21-18-15-12-9-6-3)80-74(77)68-65-62-59-56-53-51-49-47-45-43-40-33-31-29-27-25-23-20-17-14-11-8-5-2/h7-8,10-11,16-17,19-20,24-27,30-33,35-36,38-39,42-45,48-51,55,58,71H,4-6,9,12-15,18,21-23,28-29,34,37,40-41,46-47,52-54,56-57,59-70H2,1-3H3/b10-7-,11-8-,19-16-,20-17-,26-24-,27-25-,32-30-,33-31-,36-35-,39-38-,44-42-,45-43-,50-48-,51-49-,58-55-. The van der Waals surface area contributed by atoms with Crippen molar-refractivity contribution in [2.75, 3.05) is 13.2 Å². The molecular weight excluding hydrogens is 985 g/mol. The summed E-state index contributed by atoms with van der Waals surface area (Å²) in [6.07, 6.45) is 99.0. The molecule has 1 atom stereocenters. The molecule has 446 valence electrons. The molecule has 0 fully saturated rings. The minimum Gasteiger partial charge on any atom is -0.462 e. The number of esters is 3. The highest BCUT2D eigenvalue weighted by Gasteiger charge is 2.19. The first kappa shape index (κ1) is 74.5. The lowest BCUT2D eigenvalue weighted by atomic mass is 10.1. The molecule has 1 unspecified atom stereocenters. The van der Waals surface area contributed by atoms with E-state index < -0.39 is 6.10 Å². The fourth-order valence-electron chi connectivity index (χ4n) is 7.98. The maximum absolute atomic E-state index is 12.9. The number of ether oxygens (including phenoxy) is 3. The smallest absolute Gasteiger partial charge is 0.306 e. The first-order chi connectivity index (χ1) is 39.5. The second-order valence-electron chi connectivity index (χ2n) is 20.2. The summed E-state index contributed by atoms with van der Waals surface area (Å²) in [7, 11) is 0. The molecule has 0 amide bonds. The van der Waals surface area contributed by atoms with Crippen molar-refractivity contribution in [3.63, 3.8) is 0 Å². The first-order valence-electron chi connectivity index (χ1n) is 31.8. The summed E-state index contributed by atoms with van der Waals surface area (Å²) in [4.78, 5) is 38.2. The lowest BCUT2D eigenvalue weighted by Gasteiger charge is -2.18. The van der Waals surface area contributed by atoms with Gasteiger partial charge in [0.25, 0.3) is 0 Å². The lowest BCUT2D eigenvalue weighted by molar-refractivity contribution is -0.167. The van der Waals surface area contributed by atoms with Crippen LogP contribution in [0.3, 0.4) is 0 Å². The lowest BCUT2D eigenvalue weighted by Crippen LogP contribution is -2.30. The van der Waals surface area contributed by atoms with Crippen LogP contribution >= 0.6 is 0 Å². The molecule has 0 bridgehead atoms. The molecule has 0 aromatic carbocycles. The fourth-order valence-corrected chi connectivity index (χ4v) is 7.98. The summed E-state index contributed by atoms with van der Waals surface area (Å²) in [5.41, 5.74) is 0. The number of rotatable bonds is 55. The predicted molar refractivity (Wildman–Crippen MR) is 348 cm³/mol. The molecule has 0 spiro atoms. The summed E-state index contributed by atoms with van der Waals surface area (Å²) < 4.78 is 16.8. The van der Waals surface area contributed by atoms with Crippen molar-refractivity contribution in [3.8, 4) is 0 Å². The average Bonchev–Trinajstić information content (AvgIpc) is 3.46. The van der Waals surface area contributed by atoms with Gasteiger partial charge in [-0.3, -0.25) is 14.4 Å². The zero-order chi connectivity index (χ0) is 57.8. The van der Waals surface area contributed by atoms with Crippen LogP contribution in [0.4, 0.5) is 0 Å². The Labute approximate surface area is 491 Å². The third-order valence-electron chi connectivity index (χ3n) is 12.7. The Kier molecular flexibility index (Phi) is 61.5. The van der Waals surface area contributed by atoms with E-state index in [0.29, 0.717) is 12.8 Å². The third-order valence-corrected chi connectivity index (χ3v) is 12.7. The molecule has 0 aliphatic carbocycles. The summed E-state index contributed by atoms with van der Waals surface area (Å²) in [6, 6.07) is 0. The van der Waals surface area contributed by atoms with E-state index >= 15 is 0 Å². The molecule has 6 heteroatoms. The first-order valence-corrected chi connectivity index (χ1v) is 31.8. The molecule has 0 aromatic heterocycles. The van der Waals surface area contributed by atoms with Crippen molar-refractivity contribution in [1.82, 2.24) is 0 Å². The van der Waals surface area contributed by atoms with Crippen LogP contribution in [0.2, 0.25) is 0 Å². The van der Waals surface area contributed by atoms with E-state index in [0.717, 1.165) is 154 Å². The number of carbonyl (C=O) groups excluding carboxylic acids is 3. The zero-order valence-corrected chi connectivity index (χ0v) is 51.0. The van der Waals surface area contributed by atoms with Crippen LogP contribution in [0.25, 0.3) is 0 Å². The minimum atomic E-state index is -0.825. The molecule has 0 aromatic rings. The van der Waals surface area contributed by atoms with Gasteiger partial charge in [0, 0.05) is 19.3 Å². The van der Waals surface area contributed by atoms with Gasteiger partial charge in [-0.15, -0.1) is 0 Å². The van der Waals surface area contributed by atoms with E-state index in [4.69, 9.17) is 14.2 Å². The highest BCUT2D eigenvalue weighted by molar-refractivity contribution is 5.71. The van der Waals surface area contributed by atoms with Gasteiger partial charge in [-0.25, -0.2) is 0 Å². The maximum atomic E-state index is 12.9. The fraction of sp³-hybridized carbons (Fsp3) is 0.554. The molecule has 0 heterocycles. The molecular formula is C74H114O6. The van der Waals surface area contributed by atoms with Gasteiger partial charge in [-0.2, -0.15) is 0 Å². The molecule has 6 nitrogen and oxygen atoms in total. The zero-order valence-electron chi connectivity index (χ0n) is 51.0. The average molecular weight is 1100 g/mol. The van der Waals surface area contributed by atoms with Gasteiger partial charge in [0.2, 0.25) is 0 Å². The Bertz CT molecular complexity index is 1890. The van der Waals surface area contributed by atoms with Crippen LogP contribution in [-0.4, -0.2) is 37.2 Å². The Morgan fingerprint density at radius 3 is 0.812 bits per heavy atom. The molecule has 0 saturated heterocycles. The summed E-state index contributed by atoms with van der Waals surface area (Å²) in [5, 5.41) is 0. The number of hydrogen-bond acceptors (Lipinski definition) is 6. The second kappa shape index (κ2) is 66.0. The van der Waals surface area contributed by atoms with Crippen molar-refractivity contribution in [1.29, 1.82) is 0 Å². The summed E-state index contributed by atoms with van der Waals surface area (Å²) in [6.45, 7) is 6.31. The molecule has 0 aliphatic rings. The molecule has 0 radical (unpaired) electrons. The van der Waals surface area contributed by atoms with Crippen molar-refractivity contribution in [3.05, 3.63) is 182 Å². The van der Waals surface area contributed by atoms with Crippen LogP contribution in [0.1, 0.15) is 245 Å². The van der Waals surface area contributed by atoms with Gasteiger partial charge < -0.3 is 14.2 Å². The van der Waals surface area contributed by atoms with Gasteiger partial charge in [-0.05, 0) is 135 Å². The monoisotopic (exact) mass is 1100 g/mol. The van der Waals surface area contributed by atoms with E-state index in [1.165, 1.54) is 44.9 Å². The Hall–Kier alpha value is -5.49. The number of hydrogen-bond donors (Lipinski definition) is 0. The van der Waals surface area contributed by atoms with Crippen molar-refractivity contribution in [2.45, 2.75) is 252 Å². The van der Waals surface area contributed by atoms with E-state index in [1.54, 1.807) is 0 Å². The number of unbranched alkanes of at least 4 members (excludes halogenated alkanes) is 14. The normalized spacial score (nSPS) is 13.4. The van der Waals surface area contributed by atoms with E-state index in [2.05, 4.69) is 203 Å². The molecule has 0 N–H and O–H groups in total. The Morgan fingerprint density at radius 2 is 0.500 bits per heavy atom. The summed E-state index contributed by atoms with van der Waals surface area (Å²) in [5.74, 6) is -1.01. The van der Waals surface area contributed by atoms with Crippen molar-refractivity contribution in [2.24, 2.45) is 0 Å². The van der Waals surface area contributed by atoms with E-state index in [-0.39, 0.29) is 44.0 Å². The van der Waals surface area contributed by atoms with E-state index in [1.807, 2.05) is 0 Å². The maximum Gasteiger partial charge on any atom is 0.306 e. The third kappa shape index (κ3) is 63.3. The van der Waals surface area contributed by atoms with Gasteiger partial charge in [0.05, 0.1) is 0 Å². The SMILES string of the molecule is CC/C=C\C/C=C\C/C=C\C/C=C\C/C=C\C/C=C\C/C=C\C/C=C\C/C=C\CCCC(=O)OCC(COC(=O)CCCCCCCCCCCC)OC(=O)CCCCCC/C=C\C/C=C\C/C=C\C/C=C\C/C=C\C/C=C\CC. The Morgan fingerprint density at radius 1 is 0.263 bits per heavy atom. The van der Waals surface area contributed by atoms with Gasteiger partial charge >= 0.3 is 17.9 Å². The number of allylic oxidation sites excluding steroid dienone is 30. The molecule has 80 heavy (non-hydrogen) atoms. The molecule has 0 aliphatic heterocycles. The second-order valence-corrected chi connectivity index (χ2v) is 20.2. The van der Waals surface area contributed by atoms with Crippen LogP contribution in [0.5, 0.6) is 0 Å². The minimum absolute atomic E-state index is 0.114. The summed E-state index contributed by atoms with van der Waals surface area (Å²) >= 11 is 0. The van der Waals surface area contributed by atoms with E-state index in [9.17, 15) is 14.4 Å². The topological polar surface area (TPSA) is 78.9 Å². The molecule has 0 rings (SSSR count). The van der Waals surface area contributed by atoms with Crippen molar-refractivity contribution < 1.29 is 28.6 Å². The van der Waals surface area contributed by atoms with Crippen LogP contribution in [-0.2, 0) is 28.6 Å². The molecule has 0 saturated carbocycles. The highest BCUT2D eigenvalue weighted by Crippen LogP contribution is 2.13. The largest absolute Gasteiger partial charge is 0.462 e. The predicted octanol–water partition coefficient (Wildman–Crippen LogP) is 22.0. The quantitative estimate of drug-likeness (QED) is 0.0261. The number of carbonyl (C=O) groups is 3. The van der Waals surface area contributed by atoms with Gasteiger partial charge in [-0.1, -0.05) is 274 Å². The van der Waals surface area contributed by atoms with Crippen LogP contribution < -0.4 is 0 Å². The van der Waals surface area contributed by atoms with Crippen LogP contribution in [0, 0.1) is 0 Å². The highest BCUT2D eigenvalue weighted by atomic mass is 16.6. The van der Waals surface area contributed by atoms with Crippen molar-refractivity contribution >= 4 is 17.9 Å². The Balaban J connectivity index is 4.46. The van der Waals surface area contributed by atoms with Crippen LogP contribution in [0.15, 0.2) is 182 Å². The van der Waals surface area contributed by atoms with Gasteiger partial charge in [0.15, 0.2) is 6.10 Å². The van der Waals surface area contributed by atoms with Gasteiger partial charge in [0.1, 0.15) is 13.2 Å².